The Labute approximate surface area is 145 Å². The maximum absolute atomic E-state index is 11.3. The van der Waals surface area contributed by atoms with Gasteiger partial charge in [0.25, 0.3) is 0 Å². The van der Waals surface area contributed by atoms with Crippen LogP contribution >= 0.6 is 0 Å². The fourth-order valence-electron chi connectivity index (χ4n) is 2.83. The highest BCUT2D eigenvalue weighted by atomic mass is 16.7. The number of nitrogens with one attached hydrogen (secondary N) is 1. The summed E-state index contributed by atoms with van der Waals surface area (Å²) in [4.78, 5) is 16.8. The predicted octanol–water partition coefficient (Wildman–Crippen LogP) is -1.58. The largest absolute Gasteiger partial charge is 0.490 e. The average Bonchev–Trinajstić information content (AvgIpc) is 2.87. The molecule has 10 nitrogen and oxygen atoms in total. The van der Waals surface area contributed by atoms with Crippen molar-refractivity contribution in [1.82, 2.24) is 10.4 Å². The number of hydrogen-bond acceptors (Lipinski definition) is 9. The fourth-order valence-corrected chi connectivity index (χ4v) is 2.83. The van der Waals surface area contributed by atoms with Crippen molar-refractivity contribution in [3.8, 4) is 0 Å². The van der Waals surface area contributed by atoms with Crippen molar-refractivity contribution >= 4 is 5.91 Å². The number of hydrogen-bond donors (Lipinski definition) is 4. The minimum Gasteiger partial charge on any atom is -0.490 e. The third-order valence-corrected chi connectivity index (χ3v) is 4.09. The third-order valence-electron chi connectivity index (χ3n) is 4.09. The summed E-state index contributed by atoms with van der Waals surface area (Å²) in [5.41, 5.74) is 0. The predicted molar refractivity (Wildman–Crippen MR) is 83.4 cm³/mol. The zero-order valence-corrected chi connectivity index (χ0v) is 14.4. The lowest BCUT2D eigenvalue weighted by Gasteiger charge is -2.41. The van der Waals surface area contributed by atoms with E-state index < -0.39 is 43.2 Å². The quantitative estimate of drug-likeness (QED) is 0.413. The summed E-state index contributed by atoms with van der Waals surface area (Å²) >= 11 is 0. The minimum absolute atomic E-state index is 0.0704. The van der Waals surface area contributed by atoms with Crippen LogP contribution in [0.1, 0.15) is 20.8 Å². The van der Waals surface area contributed by atoms with Crippen LogP contribution in [0.5, 0.6) is 0 Å². The molecule has 2 aliphatic heterocycles. The second kappa shape index (κ2) is 8.79. The average molecular weight is 362 g/mol. The van der Waals surface area contributed by atoms with Crippen LogP contribution in [0.15, 0.2) is 12.5 Å². The molecule has 0 bridgehead atoms. The second-order valence-corrected chi connectivity index (χ2v) is 6.08. The van der Waals surface area contributed by atoms with Crippen molar-refractivity contribution in [3.63, 3.8) is 0 Å². The van der Waals surface area contributed by atoms with Crippen molar-refractivity contribution in [1.29, 1.82) is 0 Å². The molecule has 10 heteroatoms. The molecule has 0 radical (unpaired) electrons. The maximum Gasteiger partial charge on any atom is 0.217 e. The number of rotatable bonds is 6. The molecule has 2 fully saturated rings. The van der Waals surface area contributed by atoms with Crippen molar-refractivity contribution in [2.75, 3.05) is 13.2 Å². The molecule has 2 aliphatic rings. The Morgan fingerprint density at radius 1 is 1.36 bits per heavy atom. The minimum atomic E-state index is -1.43. The zero-order valence-electron chi connectivity index (χ0n) is 14.4. The number of carbonyl (C=O) groups excluding carboxylic acids is 1. The molecule has 7 unspecified atom stereocenters. The van der Waals surface area contributed by atoms with Crippen LogP contribution in [-0.2, 0) is 23.8 Å². The van der Waals surface area contributed by atoms with Crippen molar-refractivity contribution in [3.05, 3.63) is 12.5 Å². The monoisotopic (exact) mass is 362 g/mol. The lowest BCUT2D eigenvalue weighted by Crippen LogP contribution is -2.64. The van der Waals surface area contributed by atoms with Gasteiger partial charge in [-0.15, -0.1) is 5.06 Å². The summed E-state index contributed by atoms with van der Waals surface area (Å²) in [5.74, 6) is -0.423. The fraction of sp³-hybridized carbons (Fsp3) is 0.800. The van der Waals surface area contributed by atoms with Gasteiger partial charge in [0.15, 0.2) is 12.4 Å². The summed E-state index contributed by atoms with van der Waals surface area (Å²) in [7, 11) is 0. The van der Waals surface area contributed by atoms with Crippen molar-refractivity contribution < 1.29 is 39.2 Å². The van der Waals surface area contributed by atoms with E-state index in [4.69, 9.17) is 19.0 Å². The van der Waals surface area contributed by atoms with Gasteiger partial charge in [0.2, 0.25) is 5.91 Å². The first-order chi connectivity index (χ1) is 11.8. The summed E-state index contributed by atoms with van der Waals surface area (Å²) < 4.78 is 15.9. The highest BCUT2D eigenvalue weighted by molar-refractivity contribution is 5.73. The molecule has 25 heavy (non-hydrogen) atoms. The summed E-state index contributed by atoms with van der Waals surface area (Å²) in [6.45, 7) is 5.09. The van der Waals surface area contributed by atoms with E-state index >= 15 is 0 Å². The van der Waals surface area contributed by atoms with Gasteiger partial charge in [-0.25, -0.2) is 0 Å². The summed E-state index contributed by atoms with van der Waals surface area (Å²) in [6, 6.07) is -0.936. The van der Waals surface area contributed by atoms with Crippen LogP contribution in [0.2, 0.25) is 0 Å². The van der Waals surface area contributed by atoms with Crippen molar-refractivity contribution in [2.24, 2.45) is 0 Å². The van der Waals surface area contributed by atoms with Crippen LogP contribution in [0, 0.1) is 0 Å². The van der Waals surface area contributed by atoms with Gasteiger partial charge in [-0.1, -0.05) is 0 Å². The Bertz CT molecular complexity index is 466. The molecule has 7 atom stereocenters. The van der Waals surface area contributed by atoms with Gasteiger partial charge in [0.1, 0.15) is 37.0 Å². The SMILES string of the molecule is CC(=O)NC1C(O)OC(CO)C(O)C1OC=CON1C(C)COC1C. The lowest BCUT2D eigenvalue weighted by molar-refractivity contribution is -0.255. The normalized spacial score (nSPS) is 39.5. The number of hydroxylamine groups is 2. The number of aliphatic hydroxyl groups is 3. The van der Waals surface area contributed by atoms with Crippen molar-refractivity contribution in [2.45, 2.75) is 63.7 Å². The molecule has 2 saturated heterocycles. The molecule has 4 N–H and O–H groups in total. The van der Waals surface area contributed by atoms with Gasteiger partial charge in [0.05, 0.1) is 19.3 Å². The molecule has 2 heterocycles. The third kappa shape index (κ3) is 4.81. The standard InChI is InChI=1S/C15H26N2O8/c1-8-7-23-10(3)17(8)24-5-4-22-14-12(16-9(2)19)15(21)25-11(6-18)13(14)20/h4-5,8,10-15,18,20-21H,6-7H2,1-3H3,(H,16,19). The molecular weight excluding hydrogens is 336 g/mol. The van der Waals surface area contributed by atoms with Gasteiger partial charge < -0.3 is 39.7 Å². The first-order valence-electron chi connectivity index (χ1n) is 8.12. The Morgan fingerprint density at radius 3 is 2.64 bits per heavy atom. The molecule has 0 aliphatic carbocycles. The van der Waals surface area contributed by atoms with Gasteiger partial charge in [-0.2, -0.15) is 0 Å². The number of ether oxygens (including phenoxy) is 3. The number of amides is 1. The molecule has 1 amide bonds. The molecule has 0 spiro atoms. The first-order valence-corrected chi connectivity index (χ1v) is 8.12. The van der Waals surface area contributed by atoms with E-state index in [1.54, 1.807) is 5.06 Å². The molecule has 0 aromatic heterocycles. The van der Waals surface area contributed by atoms with Gasteiger partial charge in [0, 0.05) is 6.92 Å². The van der Waals surface area contributed by atoms with E-state index in [9.17, 15) is 20.1 Å². The molecular formula is C15H26N2O8. The molecule has 2 rings (SSSR count). The number of nitrogens with zero attached hydrogens (tertiary/aromatic N) is 1. The second-order valence-electron chi connectivity index (χ2n) is 6.08. The van der Waals surface area contributed by atoms with E-state index in [0.717, 1.165) is 0 Å². The smallest absolute Gasteiger partial charge is 0.217 e. The Morgan fingerprint density at radius 2 is 2.08 bits per heavy atom. The molecule has 0 aromatic carbocycles. The topological polar surface area (TPSA) is 130 Å². The van der Waals surface area contributed by atoms with E-state index in [1.165, 1.54) is 19.4 Å². The zero-order chi connectivity index (χ0) is 18.6. The Kier molecular flexibility index (Phi) is 6.99. The molecule has 144 valence electrons. The number of aliphatic hydroxyl groups excluding tert-OH is 3. The van der Waals surface area contributed by atoms with Gasteiger partial charge in [-0.3, -0.25) is 4.79 Å². The van der Waals surface area contributed by atoms with Crippen LogP contribution in [0.25, 0.3) is 0 Å². The Balaban J connectivity index is 1.98. The van der Waals surface area contributed by atoms with Gasteiger partial charge in [-0.05, 0) is 13.8 Å². The Hall–Kier alpha value is -1.43. The van der Waals surface area contributed by atoms with E-state index in [-0.39, 0.29) is 12.3 Å². The lowest BCUT2D eigenvalue weighted by atomic mass is 9.97. The van der Waals surface area contributed by atoms with E-state index in [2.05, 4.69) is 5.32 Å². The molecule has 0 saturated carbocycles. The van der Waals surface area contributed by atoms with E-state index in [1.807, 2.05) is 13.8 Å². The first kappa shape index (κ1) is 19.9. The van der Waals surface area contributed by atoms with Crippen LogP contribution < -0.4 is 5.32 Å². The summed E-state index contributed by atoms with van der Waals surface area (Å²) in [5, 5.41) is 33.6. The van der Waals surface area contributed by atoms with E-state index in [0.29, 0.717) is 6.61 Å². The maximum atomic E-state index is 11.3. The molecule has 0 aromatic rings. The van der Waals surface area contributed by atoms with Crippen LogP contribution in [0.3, 0.4) is 0 Å². The highest BCUT2D eigenvalue weighted by Gasteiger charge is 2.46. The highest BCUT2D eigenvalue weighted by Crippen LogP contribution is 2.23. The number of carbonyl (C=O) groups is 1. The summed E-state index contributed by atoms with van der Waals surface area (Å²) in [6.07, 6.45) is -2.50. The van der Waals surface area contributed by atoms with Gasteiger partial charge >= 0.3 is 0 Å². The van der Waals surface area contributed by atoms with Crippen LogP contribution in [0.4, 0.5) is 0 Å². The van der Waals surface area contributed by atoms with Crippen LogP contribution in [-0.4, -0.2) is 82.4 Å².